The molecule has 0 saturated heterocycles. The highest BCUT2D eigenvalue weighted by Crippen LogP contribution is 2.42. The third-order valence-electron chi connectivity index (χ3n) is 3.59. The van der Waals surface area contributed by atoms with E-state index in [4.69, 9.17) is 11.6 Å². The van der Waals surface area contributed by atoms with Gasteiger partial charge in [0.15, 0.2) is 5.78 Å². The quantitative estimate of drug-likeness (QED) is 0.597. The van der Waals surface area contributed by atoms with Crippen molar-refractivity contribution in [1.82, 2.24) is 0 Å². The maximum atomic E-state index is 12.7. The van der Waals surface area contributed by atoms with Crippen LogP contribution in [0.5, 0.6) is 0 Å². The molecule has 0 bridgehead atoms. The number of ketones is 1. The van der Waals surface area contributed by atoms with Crippen LogP contribution in [0, 0.1) is 0 Å². The zero-order valence-electron chi connectivity index (χ0n) is 10.8. The minimum Gasteiger partial charge on any atom is -0.313 e. The number of fused-ring (bicyclic) bond motifs is 1. The molecule has 100 valence electrons. The molecule has 1 amide bonds. The number of halogens is 1. The highest BCUT2D eigenvalue weighted by atomic mass is 35.5. The smallest absolute Gasteiger partial charge is 0.260 e. The molecule has 3 rings (SSSR count). The van der Waals surface area contributed by atoms with Gasteiger partial charge in [-0.05, 0) is 17.7 Å². The largest absolute Gasteiger partial charge is 0.313 e. The molecule has 0 spiro atoms. The van der Waals surface area contributed by atoms with Gasteiger partial charge < -0.3 is 4.90 Å². The standard InChI is InChI=1S/C16H12ClNO2/c1-18-13-10-6-5-9-12(13)14(19)16(17,15(18)20)11-7-3-2-4-8-11/h2-10H,1H3. The molecule has 2 aromatic rings. The Balaban J connectivity index is 2.24. The molecule has 0 aliphatic carbocycles. The van der Waals surface area contributed by atoms with Crippen LogP contribution in [0.25, 0.3) is 0 Å². The first-order chi connectivity index (χ1) is 9.56. The van der Waals surface area contributed by atoms with E-state index >= 15 is 0 Å². The number of carbonyl (C=O) groups is 2. The molecule has 1 aliphatic rings. The van der Waals surface area contributed by atoms with Crippen molar-refractivity contribution >= 4 is 29.0 Å². The molecule has 0 saturated carbocycles. The number of Topliss-reactive ketones (excluding diaryl/α,β-unsaturated/α-hetero) is 1. The first-order valence-corrected chi connectivity index (χ1v) is 6.61. The highest BCUT2D eigenvalue weighted by Gasteiger charge is 2.52. The molecule has 20 heavy (non-hydrogen) atoms. The van der Waals surface area contributed by atoms with Crippen LogP contribution in [0.15, 0.2) is 54.6 Å². The minimum absolute atomic E-state index is 0.371. The summed E-state index contributed by atoms with van der Waals surface area (Å²) in [6.07, 6.45) is 0. The lowest BCUT2D eigenvalue weighted by Crippen LogP contribution is -2.51. The first-order valence-electron chi connectivity index (χ1n) is 6.23. The van der Waals surface area contributed by atoms with E-state index in [0.29, 0.717) is 16.8 Å². The summed E-state index contributed by atoms with van der Waals surface area (Å²) in [6.45, 7) is 0. The zero-order chi connectivity index (χ0) is 14.3. The molecule has 1 aliphatic heterocycles. The minimum atomic E-state index is -1.68. The summed E-state index contributed by atoms with van der Waals surface area (Å²) >= 11 is 6.48. The van der Waals surface area contributed by atoms with Crippen molar-refractivity contribution in [2.24, 2.45) is 0 Å². The number of hydrogen-bond donors (Lipinski definition) is 0. The van der Waals surface area contributed by atoms with Gasteiger partial charge in [0, 0.05) is 12.6 Å². The van der Waals surface area contributed by atoms with E-state index in [2.05, 4.69) is 0 Å². The SMILES string of the molecule is CN1C(=O)C(Cl)(c2ccccc2)C(=O)c2ccccc21. The summed E-state index contributed by atoms with van der Waals surface area (Å²) in [6, 6.07) is 15.7. The molecule has 1 unspecified atom stereocenters. The van der Waals surface area contributed by atoms with Crippen molar-refractivity contribution in [1.29, 1.82) is 0 Å². The molecule has 4 heteroatoms. The number of nitrogens with zero attached hydrogens (tertiary/aromatic N) is 1. The van der Waals surface area contributed by atoms with Crippen LogP contribution in [0.4, 0.5) is 5.69 Å². The van der Waals surface area contributed by atoms with Gasteiger partial charge in [0.05, 0.1) is 5.69 Å². The molecule has 3 nitrogen and oxygen atoms in total. The predicted molar refractivity (Wildman–Crippen MR) is 78.2 cm³/mol. The van der Waals surface area contributed by atoms with Crippen molar-refractivity contribution in [2.75, 3.05) is 11.9 Å². The second-order valence-corrected chi connectivity index (χ2v) is 5.30. The number of amides is 1. The lowest BCUT2D eigenvalue weighted by molar-refractivity contribution is -0.120. The first kappa shape index (κ1) is 12.9. The van der Waals surface area contributed by atoms with Crippen molar-refractivity contribution < 1.29 is 9.59 Å². The van der Waals surface area contributed by atoms with Gasteiger partial charge in [0.25, 0.3) is 5.91 Å². The van der Waals surface area contributed by atoms with E-state index in [-0.39, 0.29) is 5.78 Å². The maximum Gasteiger partial charge on any atom is 0.260 e. The Kier molecular flexibility index (Phi) is 2.87. The van der Waals surface area contributed by atoms with Crippen LogP contribution in [0.1, 0.15) is 15.9 Å². The predicted octanol–water partition coefficient (Wildman–Crippen LogP) is 2.98. The van der Waals surface area contributed by atoms with Crippen LogP contribution >= 0.6 is 11.6 Å². The molecular weight excluding hydrogens is 274 g/mol. The number of benzene rings is 2. The lowest BCUT2D eigenvalue weighted by Gasteiger charge is -2.35. The van der Waals surface area contributed by atoms with Gasteiger partial charge in [-0.25, -0.2) is 0 Å². The highest BCUT2D eigenvalue weighted by molar-refractivity contribution is 6.51. The number of carbonyl (C=O) groups excluding carboxylic acids is 2. The normalized spacial score (nSPS) is 21.8. The molecule has 0 aromatic heterocycles. The lowest BCUT2D eigenvalue weighted by atomic mass is 9.84. The summed E-state index contributed by atoms with van der Waals surface area (Å²) in [5.41, 5.74) is 1.56. The zero-order valence-corrected chi connectivity index (χ0v) is 11.6. The maximum absolute atomic E-state index is 12.7. The van der Waals surface area contributed by atoms with Crippen molar-refractivity contribution in [3.63, 3.8) is 0 Å². The Morgan fingerprint density at radius 3 is 2.25 bits per heavy atom. The molecule has 2 aromatic carbocycles. The van der Waals surface area contributed by atoms with E-state index in [9.17, 15) is 9.59 Å². The summed E-state index contributed by atoms with van der Waals surface area (Å²) in [5.74, 6) is -0.793. The van der Waals surface area contributed by atoms with Gasteiger partial charge in [-0.15, -0.1) is 0 Å². The fourth-order valence-electron chi connectivity index (χ4n) is 2.50. The average Bonchev–Trinajstić information content (AvgIpc) is 2.51. The summed E-state index contributed by atoms with van der Waals surface area (Å²) in [4.78, 5) is 25.1. The molecule has 0 radical (unpaired) electrons. The van der Waals surface area contributed by atoms with Crippen molar-refractivity contribution in [3.05, 3.63) is 65.7 Å². The van der Waals surface area contributed by atoms with Gasteiger partial charge in [-0.2, -0.15) is 0 Å². The Morgan fingerprint density at radius 2 is 1.55 bits per heavy atom. The number of anilines is 1. The van der Waals surface area contributed by atoms with Crippen LogP contribution in [-0.4, -0.2) is 18.7 Å². The van der Waals surface area contributed by atoms with E-state index in [1.807, 2.05) is 6.07 Å². The fraction of sp³-hybridized carbons (Fsp3) is 0.125. The van der Waals surface area contributed by atoms with Gasteiger partial charge in [-0.3, -0.25) is 9.59 Å². The summed E-state index contributed by atoms with van der Waals surface area (Å²) < 4.78 is 0. The number of para-hydroxylation sites is 1. The van der Waals surface area contributed by atoms with E-state index in [0.717, 1.165) is 0 Å². The Morgan fingerprint density at radius 1 is 0.950 bits per heavy atom. The number of rotatable bonds is 1. The van der Waals surface area contributed by atoms with E-state index < -0.39 is 10.8 Å². The molecule has 0 N–H and O–H groups in total. The third-order valence-corrected chi connectivity index (χ3v) is 4.15. The third kappa shape index (κ3) is 1.60. The second kappa shape index (κ2) is 4.46. The van der Waals surface area contributed by atoms with Gasteiger partial charge >= 0.3 is 0 Å². The Hall–Kier alpha value is -2.13. The Bertz CT molecular complexity index is 699. The van der Waals surface area contributed by atoms with Gasteiger partial charge in [-0.1, -0.05) is 54.1 Å². The van der Waals surface area contributed by atoms with Crippen LogP contribution in [0.2, 0.25) is 0 Å². The van der Waals surface area contributed by atoms with Crippen LogP contribution in [-0.2, 0) is 9.67 Å². The number of hydrogen-bond acceptors (Lipinski definition) is 2. The Labute approximate surface area is 121 Å². The van der Waals surface area contributed by atoms with Gasteiger partial charge in [0.1, 0.15) is 0 Å². The summed E-state index contributed by atoms with van der Waals surface area (Å²) in [5, 5.41) is 0. The fourth-order valence-corrected chi connectivity index (χ4v) is 2.86. The molecule has 0 fully saturated rings. The van der Waals surface area contributed by atoms with Crippen LogP contribution in [0.3, 0.4) is 0 Å². The molecular formula is C16H12ClNO2. The number of alkyl halides is 1. The van der Waals surface area contributed by atoms with E-state index in [1.165, 1.54) is 4.90 Å². The van der Waals surface area contributed by atoms with Crippen LogP contribution < -0.4 is 4.90 Å². The monoisotopic (exact) mass is 285 g/mol. The number of likely N-dealkylation sites (N-methyl/N-ethyl adjacent to an activating group) is 1. The van der Waals surface area contributed by atoms with Crippen molar-refractivity contribution in [2.45, 2.75) is 4.87 Å². The van der Waals surface area contributed by atoms with Crippen molar-refractivity contribution in [3.8, 4) is 0 Å². The summed E-state index contributed by atoms with van der Waals surface area (Å²) in [7, 11) is 1.63. The van der Waals surface area contributed by atoms with Gasteiger partial charge in [0.2, 0.25) is 4.87 Å². The molecule has 1 atom stereocenters. The second-order valence-electron chi connectivity index (χ2n) is 4.73. The average molecular weight is 286 g/mol. The van der Waals surface area contributed by atoms with E-state index in [1.54, 1.807) is 55.6 Å². The molecule has 1 heterocycles. The topological polar surface area (TPSA) is 37.4 Å².